The Morgan fingerprint density at radius 2 is 1.96 bits per heavy atom. The van der Waals surface area contributed by atoms with Crippen LogP contribution in [0.1, 0.15) is 40.8 Å². The minimum Gasteiger partial charge on any atom is -0.496 e. The highest BCUT2D eigenvalue weighted by Crippen LogP contribution is 2.32. The van der Waals surface area contributed by atoms with Crippen molar-refractivity contribution < 1.29 is 4.74 Å². The lowest BCUT2D eigenvalue weighted by Gasteiger charge is -2.12. The fraction of sp³-hybridized carbons (Fsp3) is 0.348. The van der Waals surface area contributed by atoms with Gasteiger partial charge >= 0.3 is 0 Å². The molecule has 27 heavy (non-hydrogen) atoms. The molecule has 0 aliphatic carbocycles. The summed E-state index contributed by atoms with van der Waals surface area (Å²) in [4.78, 5) is 0. The maximum absolute atomic E-state index is 5.56. The van der Waals surface area contributed by atoms with Crippen LogP contribution in [0.2, 0.25) is 0 Å². The molecule has 140 valence electrons. The van der Waals surface area contributed by atoms with Crippen LogP contribution in [0, 0.1) is 13.8 Å². The predicted molar refractivity (Wildman–Crippen MR) is 110 cm³/mol. The second-order valence-electron chi connectivity index (χ2n) is 7.35. The molecule has 0 bridgehead atoms. The van der Waals surface area contributed by atoms with Gasteiger partial charge in [-0.1, -0.05) is 35.9 Å². The van der Waals surface area contributed by atoms with E-state index in [-0.39, 0.29) is 0 Å². The van der Waals surface area contributed by atoms with Crippen LogP contribution >= 0.6 is 0 Å². The third kappa shape index (κ3) is 3.44. The van der Waals surface area contributed by atoms with Crippen LogP contribution in [0.15, 0.2) is 42.5 Å². The monoisotopic (exact) mass is 361 g/mol. The molecule has 0 unspecified atom stereocenters. The summed E-state index contributed by atoms with van der Waals surface area (Å²) < 4.78 is 7.67. The number of rotatable bonds is 4. The highest BCUT2D eigenvalue weighted by molar-refractivity contribution is 5.57. The molecular formula is C23H27N3O. The van der Waals surface area contributed by atoms with E-state index in [1.54, 1.807) is 7.11 Å². The largest absolute Gasteiger partial charge is 0.496 e. The number of nitrogens with one attached hydrogen (secondary N) is 1. The number of methoxy groups -OCH3 is 1. The van der Waals surface area contributed by atoms with Crippen LogP contribution in [0.25, 0.3) is 5.69 Å². The average Bonchev–Trinajstić information content (AvgIpc) is 2.84. The summed E-state index contributed by atoms with van der Waals surface area (Å²) >= 11 is 0. The first-order valence-corrected chi connectivity index (χ1v) is 9.71. The van der Waals surface area contributed by atoms with Gasteiger partial charge in [0.2, 0.25) is 0 Å². The van der Waals surface area contributed by atoms with E-state index in [0.717, 1.165) is 42.3 Å². The van der Waals surface area contributed by atoms with Crippen LogP contribution in [0.3, 0.4) is 0 Å². The smallest absolute Gasteiger partial charge is 0.133 e. The summed E-state index contributed by atoms with van der Waals surface area (Å²) in [6, 6.07) is 14.8. The van der Waals surface area contributed by atoms with Gasteiger partial charge < -0.3 is 10.1 Å². The molecule has 2 aromatic carbocycles. The first-order chi connectivity index (χ1) is 13.2. The predicted octanol–water partition coefficient (Wildman–Crippen LogP) is 4.84. The summed E-state index contributed by atoms with van der Waals surface area (Å²) in [5.74, 6) is 2.08. The van der Waals surface area contributed by atoms with Crippen molar-refractivity contribution in [2.24, 2.45) is 0 Å². The molecule has 2 heterocycles. The second-order valence-corrected chi connectivity index (χ2v) is 7.35. The Morgan fingerprint density at radius 1 is 1.11 bits per heavy atom. The molecule has 0 saturated carbocycles. The van der Waals surface area contributed by atoms with E-state index in [4.69, 9.17) is 9.84 Å². The molecule has 0 fully saturated rings. The minimum atomic E-state index is 0.784. The molecule has 1 aliphatic heterocycles. The topological polar surface area (TPSA) is 39.1 Å². The van der Waals surface area contributed by atoms with Gasteiger partial charge in [0.05, 0.1) is 18.5 Å². The minimum absolute atomic E-state index is 0.784. The highest BCUT2D eigenvalue weighted by atomic mass is 16.5. The Morgan fingerprint density at radius 3 is 2.78 bits per heavy atom. The van der Waals surface area contributed by atoms with Crippen LogP contribution < -0.4 is 10.1 Å². The molecule has 4 rings (SSSR count). The molecule has 1 N–H and O–H groups in total. The second kappa shape index (κ2) is 7.47. The first kappa shape index (κ1) is 17.7. The lowest BCUT2D eigenvalue weighted by molar-refractivity contribution is 0.410. The van der Waals surface area contributed by atoms with Gasteiger partial charge in [0.1, 0.15) is 11.6 Å². The van der Waals surface area contributed by atoms with E-state index >= 15 is 0 Å². The molecule has 4 nitrogen and oxygen atoms in total. The summed E-state index contributed by atoms with van der Waals surface area (Å²) in [5.41, 5.74) is 7.34. The maximum Gasteiger partial charge on any atom is 0.133 e. The molecule has 0 atom stereocenters. The number of anilines is 1. The Bertz CT molecular complexity index is 958. The van der Waals surface area contributed by atoms with Crippen molar-refractivity contribution in [2.75, 3.05) is 19.0 Å². The number of fused-ring (bicyclic) bond motifs is 1. The number of benzene rings is 2. The Balaban J connectivity index is 1.82. The van der Waals surface area contributed by atoms with Gasteiger partial charge in [0, 0.05) is 24.1 Å². The Kier molecular flexibility index (Phi) is 4.88. The lowest BCUT2D eigenvalue weighted by atomic mass is 10.0. The van der Waals surface area contributed by atoms with Crippen molar-refractivity contribution in [3.63, 3.8) is 0 Å². The van der Waals surface area contributed by atoms with E-state index in [1.807, 2.05) is 12.1 Å². The molecule has 1 aromatic heterocycles. The highest BCUT2D eigenvalue weighted by Gasteiger charge is 2.22. The van der Waals surface area contributed by atoms with Crippen molar-refractivity contribution in [3.05, 3.63) is 70.4 Å². The molecule has 0 amide bonds. The molecule has 4 heteroatoms. The third-order valence-corrected chi connectivity index (χ3v) is 5.34. The maximum atomic E-state index is 5.56. The molecule has 0 saturated heterocycles. The van der Waals surface area contributed by atoms with Gasteiger partial charge in [-0.3, -0.25) is 0 Å². The molecule has 0 spiro atoms. The summed E-state index contributed by atoms with van der Waals surface area (Å²) in [7, 11) is 1.73. The number of hydrogen-bond acceptors (Lipinski definition) is 3. The van der Waals surface area contributed by atoms with Gasteiger partial charge in [-0.05, 0) is 50.8 Å². The van der Waals surface area contributed by atoms with Crippen LogP contribution in [-0.4, -0.2) is 23.4 Å². The van der Waals surface area contributed by atoms with E-state index in [0.29, 0.717) is 0 Å². The summed E-state index contributed by atoms with van der Waals surface area (Å²) in [5, 5.41) is 8.70. The van der Waals surface area contributed by atoms with Crippen molar-refractivity contribution in [2.45, 2.75) is 39.5 Å². The van der Waals surface area contributed by atoms with Gasteiger partial charge in [-0.2, -0.15) is 5.10 Å². The van der Waals surface area contributed by atoms with Crippen molar-refractivity contribution in [1.82, 2.24) is 9.78 Å². The SMILES string of the molecule is COc1ccccc1Cc1nn(-c2ccc(C)cc2C)c2c1CCCCN2. The molecule has 1 aliphatic rings. The van der Waals surface area contributed by atoms with E-state index in [9.17, 15) is 0 Å². The average molecular weight is 361 g/mol. The zero-order valence-corrected chi connectivity index (χ0v) is 16.4. The number of hydrogen-bond donors (Lipinski definition) is 1. The van der Waals surface area contributed by atoms with Crippen molar-refractivity contribution >= 4 is 5.82 Å². The van der Waals surface area contributed by atoms with Crippen molar-refractivity contribution in [3.8, 4) is 11.4 Å². The fourth-order valence-electron chi connectivity index (χ4n) is 3.96. The van der Waals surface area contributed by atoms with Crippen LogP contribution in [-0.2, 0) is 12.8 Å². The molecule has 0 radical (unpaired) electrons. The van der Waals surface area contributed by atoms with Crippen LogP contribution in [0.4, 0.5) is 5.82 Å². The fourth-order valence-corrected chi connectivity index (χ4v) is 3.96. The number of nitrogens with zero attached hydrogens (tertiary/aromatic N) is 2. The number of ether oxygens (including phenoxy) is 1. The van der Waals surface area contributed by atoms with Crippen molar-refractivity contribution in [1.29, 1.82) is 0 Å². The number of aromatic nitrogens is 2. The quantitative estimate of drug-likeness (QED) is 0.723. The lowest BCUT2D eigenvalue weighted by Crippen LogP contribution is -2.08. The van der Waals surface area contributed by atoms with Gasteiger partial charge in [0.25, 0.3) is 0 Å². The normalized spacial score (nSPS) is 13.6. The van der Waals surface area contributed by atoms with Gasteiger partial charge in [0.15, 0.2) is 0 Å². The Labute approximate surface area is 161 Å². The first-order valence-electron chi connectivity index (χ1n) is 9.71. The zero-order valence-electron chi connectivity index (χ0n) is 16.4. The van der Waals surface area contributed by atoms with Gasteiger partial charge in [-0.15, -0.1) is 0 Å². The third-order valence-electron chi connectivity index (χ3n) is 5.34. The van der Waals surface area contributed by atoms with E-state index in [2.05, 4.69) is 54.2 Å². The zero-order chi connectivity index (χ0) is 18.8. The van der Waals surface area contributed by atoms with E-state index < -0.39 is 0 Å². The molecular weight excluding hydrogens is 334 g/mol. The summed E-state index contributed by atoms with van der Waals surface area (Å²) in [6.45, 7) is 5.29. The number of aryl methyl sites for hydroxylation is 2. The summed E-state index contributed by atoms with van der Waals surface area (Å²) in [6.07, 6.45) is 4.23. The van der Waals surface area contributed by atoms with E-state index in [1.165, 1.54) is 35.1 Å². The Hall–Kier alpha value is -2.75. The molecule has 3 aromatic rings. The number of para-hydroxylation sites is 1. The van der Waals surface area contributed by atoms with Gasteiger partial charge in [-0.25, -0.2) is 4.68 Å². The van der Waals surface area contributed by atoms with Crippen LogP contribution in [0.5, 0.6) is 5.75 Å². The standard InChI is InChI=1S/C23H27N3O/c1-16-11-12-21(17(2)14-16)26-23-19(9-6-7-13-24-23)20(25-26)15-18-8-4-5-10-22(18)27-3/h4-5,8,10-12,14,24H,6-7,9,13,15H2,1-3H3.